The largest absolute Gasteiger partial charge is 0.469 e. The van der Waals surface area contributed by atoms with E-state index in [4.69, 9.17) is 0 Å². The van der Waals surface area contributed by atoms with Gasteiger partial charge in [-0.15, -0.1) is 0 Å². The van der Waals surface area contributed by atoms with E-state index >= 15 is 0 Å². The summed E-state index contributed by atoms with van der Waals surface area (Å²) in [6.45, 7) is 2.29. The van der Waals surface area contributed by atoms with Gasteiger partial charge in [0.15, 0.2) is 0 Å². The summed E-state index contributed by atoms with van der Waals surface area (Å²) in [5.41, 5.74) is 0. The molecule has 0 aliphatic carbocycles. The summed E-state index contributed by atoms with van der Waals surface area (Å²) < 4.78 is 4.65. The highest BCUT2D eigenvalue weighted by atomic mass is 32.2. The van der Waals surface area contributed by atoms with E-state index in [0.717, 1.165) is 16.9 Å². The average molecular weight is 343 g/mol. The third kappa shape index (κ3) is 11.9. The Morgan fingerprint density at radius 2 is 1.26 bits per heavy atom. The minimum absolute atomic E-state index is 0.0633. The standard InChI is InChI=1S/C20H38O2S/c1-3-4-5-12-15-18-19(23-18)16-13-10-8-6-7-9-11-14-17-20(21)22-2/h18-19H,3-17H2,1-2H3. The van der Waals surface area contributed by atoms with Gasteiger partial charge in [-0.3, -0.25) is 4.79 Å². The van der Waals surface area contributed by atoms with Crippen LogP contribution in [0.15, 0.2) is 0 Å². The molecule has 0 bridgehead atoms. The van der Waals surface area contributed by atoms with Crippen LogP contribution in [0.1, 0.15) is 103 Å². The average Bonchev–Trinajstić information content (AvgIpc) is 3.31. The molecule has 1 aliphatic rings. The Kier molecular flexibility index (Phi) is 12.9. The van der Waals surface area contributed by atoms with Gasteiger partial charge in [-0.1, -0.05) is 77.6 Å². The first-order valence-corrected chi connectivity index (χ1v) is 10.9. The van der Waals surface area contributed by atoms with E-state index in [9.17, 15) is 4.79 Å². The van der Waals surface area contributed by atoms with Gasteiger partial charge < -0.3 is 4.74 Å². The first-order valence-electron chi connectivity index (χ1n) is 10.00. The first-order chi connectivity index (χ1) is 11.3. The molecule has 0 N–H and O–H groups in total. The second-order valence-electron chi connectivity index (χ2n) is 7.01. The van der Waals surface area contributed by atoms with Gasteiger partial charge in [-0.2, -0.15) is 11.8 Å². The summed E-state index contributed by atoms with van der Waals surface area (Å²) in [6, 6.07) is 0. The SMILES string of the molecule is CCCCCCC1SC1CCCCCCCCCCC(=O)OC. The Hall–Kier alpha value is -0.180. The number of rotatable bonds is 16. The Morgan fingerprint density at radius 1 is 0.783 bits per heavy atom. The predicted octanol–water partition coefficient (Wildman–Crippen LogP) is 6.51. The van der Waals surface area contributed by atoms with E-state index in [1.807, 2.05) is 0 Å². The zero-order chi connectivity index (χ0) is 16.8. The van der Waals surface area contributed by atoms with Crippen molar-refractivity contribution in [3.05, 3.63) is 0 Å². The van der Waals surface area contributed by atoms with Crippen molar-refractivity contribution in [2.75, 3.05) is 7.11 Å². The summed E-state index contributed by atoms with van der Waals surface area (Å²) in [5.74, 6) is -0.0633. The molecule has 1 heterocycles. The van der Waals surface area contributed by atoms with E-state index in [1.165, 1.54) is 90.6 Å². The second-order valence-corrected chi connectivity index (χ2v) is 8.49. The van der Waals surface area contributed by atoms with Crippen molar-refractivity contribution in [3.8, 4) is 0 Å². The highest BCUT2D eigenvalue weighted by Crippen LogP contribution is 2.47. The molecule has 2 unspecified atom stereocenters. The summed E-state index contributed by atoms with van der Waals surface area (Å²) in [7, 11) is 1.47. The van der Waals surface area contributed by atoms with Crippen molar-refractivity contribution in [2.24, 2.45) is 0 Å². The molecule has 1 aliphatic heterocycles. The van der Waals surface area contributed by atoms with Crippen LogP contribution in [0.2, 0.25) is 0 Å². The van der Waals surface area contributed by atoms with Gasteiger partial charge in [0.2, 0.25) is 0 Å². The molecule has 0 aromatic heterocycles. The summed E-state index contributed by atoms with van der Waals surface area (Å²) in [5, 5.41) is 2.02. The Bertz CT molecular complexity index is 293. The van der Waals surface area contributed by atoms with Gasteiger partial charge in [0.05, 0.1) is 7.11 Å². The molecule has 0 spiro atoms. The molecule has 1 saturated heterocycles. The lowest BCUT2D eigenvalue weighted by molar-refractivity contribution is -0.140. The monoisotopic (exact) mass is 342 g/mol. The lowest BCUT2D eigenvalue weighted by atomic mass is 10.0. The molecule has 0 aromatic carbocycles. The lowest BCUT2D eigenvalue weighted by Gasteiger charge is -2.02. The highest BCUT2D eigenvalue weighted by Gasteiger charge is 2.36. The van der Waals surface area contributed by atoms with Gasteiger partial charge in [-0.05, 0) is 19.3 Å². The zero-order valence-electron chi connectivity index (χ0n) is 15.5. The molecule has 0 radical (unpaired) electrons. The minimum Gasteiger partial charge on any atom is -0.469 e. The fraction of sp³-hybridized carbons (Fsp3) is 0.950. The van der Waals surface area contributed by atoms with Gasteiger partial charge >= 0.3 is 5.97 Å². The number of thioether (sulfide) groups is 1. The van der Waals surface area contributed by atoms with Crippen molar-refractivity contribution in [1.82, 2.24) is 0 Å². The van der Waals surface area contributed by atoms with Crippen LogP contribution >= 0.6 is 11.8 Å². The van der Waals surface area contributed by atoms with Crippen LogP contribution in [0.3, 0.4) is 0 Å². The number of hydrogen-bond donors (Lipinski definition) is 0. The van der Waals surface area contributed by atoms with Crippen LogP contribution < -0.4 is 0 Å². The van der Waals surface area contributed by atoms with Crippen LogP contribution in [0, 0.1) is 0 Å². The Balaban J connectivity index is 1.73. The predicted molar refractivity (Wildman–Crippen MR) is 102 cm³/mol. The van der Waals surface area contributed by atoms with E-state index in [2.05, 4.69) is 23.4 Å². The molecule has 0 aromatic rings. The Morgan fingerprint density at radius 3 is 1.78 bits per heavy atom. The van der Waals surface area contributed by atoms with E-state index in [1.54, 1.807) is 0 Å². The van der Waals surface area contributed by atoms with E-state index in [0.29, 0.717) is 6.42 Å². The molecular weight excluding hydrogens is 304 g/mol. The van der Waals surface area contributed by atoms with Crippen molar-refractivity contribution in [3.63, 3.8) is 0 Å². The quantitative estimate of drug-likeness (QED) is 0.181. The van der Waals surface area contributed by atoms with Gasteiger partial charge in [0.1, 0.15) is 0 Å². The third-order valence-corrected chi connectivity index (χ3v) is 6.39. The fourth-order valence-electron chi connectivity index (χ4n) is 3.24. The lowest BCUT2D eigenvalue weighted by Crippen LogP contribution is -1.99. The number of ether oxygens (including phenoxy) is 1. The maximum atomic E-state index is 11.0. The van der Waals surface area contributed by atoms with Gasteiger partial charge in [0.25, 0.3) is 0 Å². The van der Waals surface area contributed by atoms with Crippen LogP contribution in [0.4, 0.5) is 0 Å². The topological polar surface area (TPSA) is 26.3 Å². The zero-order valence-corrected chi connectivity index (χ0v) is 16.3. The number of methoxy groups -OCH3 is 1. The van der Waals surface area contributed by atoms with Crippen molar-refractivity contribution in [1.29, 1.82) is 0 Å². The summed E-state index contributed by atoms with van der Waals surface area (Å²) in [4.78, 5) is 11.0. The first kappa shape index (κ1) is 20.9. The molecule has 1 fully saturated rings. The van der Waals surface area contributed by atoms with Crippen LogP contribution in [0.25, 0.3) is 0 Å². The normalized spacial score (nSPS) is 19.7. The smallest absolute Gasteiger partial charge is 0.305 e. The number of unbranched alkanes of at least 4 members (excludes halogenated alkanes) is 10. The second kappa shape index (κ2) is 14.2. The van der Waals surface area contributed by atoms with Gasteiger partial charge in [0, 0.05) is 16.9 Å². The van der Waals surface area contributed by atoms with E-state index in [-0.39, 0.29) is 5.97 Å². The summed E-state index contributed by atoms with van der Waals surface area (Å²) >= 11 is 2.24. The van der Waals surface area contributed by atoms with Gasteiger partial charge in [-0.25, -0.2) is 0 Å². The maximum Gasteiger partial charge on any atom is 0.305 e. The van der Waals surface area contributed by atoms with Crippen molar-refractivity contribution >= 4 is 17.7 Å². The highest BCUT2D eigenvalue weighted by molar-refractivity contribution is 8.07. The number of hydrogen-bond acceptors (Lipinski definition) is 3. The van der Waals surface area contributed by atoms with Crippen molar-refractivity contribution < 1.29 is 9.53 Å². The molecule has 3 heteroatoms. The minimum atomic E-state index is -0.0633. The molecule has 2 atom stereocenters. The fourth-order valence-corrected chi connectivity index (χ4v) is 4.47. The van der Waals surface area contributed by atoms with Crippen LogP contribution in [-0.2, 0) is 9.53 Å². The number of carbonyl (C=O) groups excluding carboxylic acids is 1. The molecule has 23 heavy (non-hydrogen) atoms. The Labute approximate surface area is 148 Å². The summed E-state index contributed by atoms with van der Waals surface area (Å²) in [6.07, 6.45) is 19.6. The molecule has 2 nitrogen and oxygen atoms in total. The molecule has 0 amide bonds. The number of carbonyl (C=O) groups is 1. The molecule has 0 saturated carbocycles. The maximum absolute atomic E-state index is 11.0. The molecular formula is C20H38O2S. The van der Waals surface area contributed by atoms with Crippen LogP contribution in [0.5, 0.6) is 0 Å². The number of esters is 1. The van der Waals surface area contributed by atoms with Crippen LogP contribution in [-0.4, -0.2) is 23.6 Å². The van der Waals surface area contributed by atoms with Crippen molar-refractivity contribution in [2.45, 2.75) is 114 Å². The van der Waals surface area contributed by atoms with E-state index < -0.39 is 0 Å². The third-order valence-electron chi connectivity index (χ3n) is 4.88. The molecule has 136 valence electrons. The molecule has 1 rings (SSSR count).